The molecule has 0 aliphatic carbocycles. The van der Waals surface area contributed by atoms with E-state index in [2.05, 4.69) is 5.10 Å². The molecule has 1 aromatic rings. The van der Waals surface area contributed by atoms with Gasteiger partial charge in [0.25, 0.3) is 0 Å². The molecule has 0 saturated carbocycles. The minimum atomic E-state index is -0.201. The second-order valence-electron chi connectivity index (χ2n) is 1.82. The van der Waals surface area contributed by atoms with Crippen LogP contribution in [0.2, 0.25) is 0 Å². The average Bonchev–Trinajstić information content (AvgIpc) is 1.98. The van der Waals surface area contributed by atoms with Gasteiger partial charge in [-0.05, 0) is 0 Å². The van der Waals surface area contributed by atoms with E-state index in [-0.39, 0.29) is 11.6 Å². The lowest BCUT2D eigenvalue weighted by molar-refractivity contribution is 0.714. The van der Waals surface area contributed by atoms with E-state index in [1.165, 1.54) is 9.25 Å². The van der Waals surface area contributed by atoms with Crippen molar-refractivity contribution in [2.75, 3.05) is 5.73 Å². The molecule has 0 unspecified atom stereocenters. The third kappa shape index (κ3) is 0.697. The summed E-state index contributed by atoms with van der Waals surface area (Å²) in [6.07, 6.45) is 0. The van der Waals surface area contributed by atoms with E-state index in [1.807, 2.05) is 0 Å². The number of rotatable bonds is 0. The van der Waals surface area contributed by atoms with Gasteiger partial charge in [0.05, 0.1) is 0 Å². The van der Waals surface area contributed by atoms with Crippen molar-refractivity contribution in [3.8, 4) is 0 Å². The summed E-state index contributed by atoms with van der Waals surface area (Å²) in [6.45, 7) is 0. The zero-order valence-electron chi connectivity index (χ0n) is 5.33. The Morgan fingerprint density at radius 2 is 2.11 bits per heavy atom. The van der Waals surface area contributed by atoms with Gasteiger partial charge in [0.2, 0.25) is 5.95 Å². The van der Waals surface area contributed by atoms with Crippen molar-refractivity contribution in [1.82, 2.24) is 14.3 Å². The first kappa shape index (κ1) is 5.87. The summed E-state index contributed by atoms with van der Waals surface area (Å²) in [6, 6.07) is 0. The number of nitrogen functional groups attached to an aromatic ring is 1. The van der Waals surface area contributed by atoms with Crippen LogP contribution >= 0.6 is 0 Å². The van der Waals surface area contributed by atoms with Crippen LogP contribution in [0.5, 0.6) is 0 Å². The summed E-state index contributed by atoms with van der Waals surface area (Å²) in [5, 5.41) is 3.66. The first-order chi connectivity index (χ1) is 4.13. The van der Waals surface area contributed by atoms with E-state index >= 15 is 0 Å². The highest BCUT2D eigenvalue weighted by molar-refractivity contribution is 5.12. The molecule has 0 radical (unpaired) electrons. The summed E-state index contributed by atoms with van der Waals surface area (Å²) in [5.41, 5.74) is 5.07. The zero-order chi connectivity index (χ0) is 7.02. The van der Waals surface area contributed by atoms with Gasteiger partial charge >= 0.3 is 5.69 Å². The maximum absolute atomic E-state index is 10.8. The molecule has 1 rings (SSSR count). The van der Waals surface area contributed by atoms with Crippen LogP contribution in [0.1, 0.15) is 0 Å². The van der Waals surface area contributed by atoms with Gasteiger partial charge in [0.1, 0.15) is 0 Å². The largest absolute Gasteiger partial charge is 0.368 e. The molecule has 0 saturated heterocycles. The highest BCUT2D eigenvalue weighted by Crippen LogP contribution is 1.84. The number of aryl methyl sites for hydroxylation is 1. The Balaban J connectivity index is 3.48. The Kier molecular flexibility index (Phi) is 1.05. The fraction of sp³-hybridized carbons (Fsp3) is 0.500. The van der Waals surface area contributed by atoms with Crippen LogP contribution in [-0.2, 0) is 14.1 Å². The van der Waals surface area contributed by atoms with Gasteiger partial charge in [-0.15, -0.1) is 5.10 Å². The highest BCUT2D eigenvalue weighted by Gasteiger charge is 2.00. The van der Waals surface area contributed by atoms with Gasteiger partial charge in [-0.2, -0.15) is 0 Å². The standard InChI is InChI=1S/C4H8N4O/c1-7-3(5)6-8(2)4(7)9/h1-2H3,(H2,5,6). The van der Waals surface area contributed by atoms with Gasteiger partial charge in [-0.3, -0.25) is 4.57 Å². The fourth-order valence-electron chi connectivity index (χ4n) is 0.579. The van der Waals surface area contributed by atoms with Gasteiger partial charge in [0, 0.05) is 14.1 Å². The van der Waals surface area contributed by atoms with Crippen molar-refractivity contribution in [3.63, 3.8) is 0 Å². The molecule has 1 aromatic heterocycles. The van der Waals surface area contributed by atoms with Crippen LogP contribution < -0.4 is 11.4 Å². The molecule has 0 spiro atoms. The molecule has 0 fully saturated rings. The van der Waals surface area contributed by atoms with Crippen LogP contribution in [0, 0.1) is 0 Å². The van der Waals surface area contributed by atoms with E-state index in [4.69, 9.17) is 5.73 Å². The number of anilines is 1. The molecule has 0 aliphatic heterocycles. The summed E-state index contributed by atoms with van der Waals surface area (Å²) in [4.78, 5) is 10.8. The summed E-state index contributed by atoms with van der Waals surface area (Å²) < 4.78 is 2.47. The molecule has 9 heavy (non-hydrogen) atoms. The average molecular weight is 128 g/mol. The SMILES string of the molecule is Cn1nc(N)n(C)c1=O. The number of nitrogens with zero attached hydrogens (tertiary/aromatic N) is 3. The van der Waals surface area contributed by atoms with Crippen molar-refractivity contribution >= 4 is 5.95 Å². The van der Waals surface area contributed by atoms with Crippen molar-refractivity contribution in [2.45, 2.75) is 0 Å². The smallest absolute Gasteiger partial charge is 0.346 e. The van der Waals surface area contributed by atoms with Gasteiger partial charge in [-0.25, -0.2) is 9.48 Å². The summed E-state index contributed by atoms with van der Waals surface area (Å²) in [5.74, 6) is 0.238. The predicted octanol–water partition coefficient (Wildman–Crippen LogP) is -1.30. The van der Waals surface area contributed by atoms with Crippen molar-refractivity contribution in [2.24, 2.45) is 14.1 Å². The maximum atomic E-state index is 10.8. The van der Waals surface area contributed by atoms with E-state index in [0.29, 0.717) is 0 Å². The lowest BCUT2D eigenvalue weighted by Gasteiger charge is -1.84. The Morgan fingerprint density at radius 3 is 2.22 bits per heavy atom. The Bertz CT molecular complexity index is 271. The van der Waals surface area contributed by atoms with E-state index in [9.17, 15) is 4.79 Å². The molecule has 0 atom stereocenters. The van der Waals surface area contributed by atoms with Crippen LogP contribution in [0.25, 0.3) is 0 Å². The van der Waals surface area contributed by atoms with Crippen molar-refractivity contribution < 1.29 is 0 Å². The summed E-state index contributed by atoms with van der Waals surface area (Å²) >= 11 is 0. The number of hydrogen-bond donors (Lipinski definition) is 1. The third-order valence-electron chi connectivity index (χ3n) is 1.16. The Labute approximate surface area is 51.7 Å². The van der Waals surface area contributed by atoms with E-state index in [1.54, 1.807) is 14.1 Å². The van der Waals surface area contributed by atoms with Crippen molar-refractivity contribution in [3.05, 3.63) is 10.5 Å². The molecule has 50 valence electrons. The summed E-state index contributed by atoms with van der Waals surface area (Å²) in [7, 11) is 3.13. The molecule has 0 bridgehead atoms. The number of aromatic nitrogens is 3. The minimum absolute atomic E-state index is 0.201. The first-order valence-corrected chi connectivity index (χ1v) is 2.48. The predicted molar refractivity (Wildman–Crippen MR) is 32.9 cm³/mol. The van der Waals surface area contributed by atoms with Gasteiger partial charge in [-0.1, -0.05) is 0 Å². The second kappa shape index (κ2) is 1.61. The quantitative estimate of drug-likeness (QED) is 0.472. The molecular weight excluding hydrogens is 120 g/mol. The zero-order valence-corrected chi connectivity index (χ0v) is 5.33. The maximum Gasteiger partial charge on any atom is 0.346 e. The van der Waals surface area contributed by atoms with Gasteiger partial charge in [0.15, 0.2) is 0 Å². The molecule has 2 N–H and O–H groups in total. The molecular formula is C4H8N4O. The minimum Gasteiger partial charge on any atom is -0.368 e. The molecule has 5 heteroatoms. The second-order valence-corrected chi connectivity index (χ2v) is 1.82. The fourth-order valence-corrected chi connectivity index (χ4v) is 0.579. The molecule has 0 aromatic carbocycles. The van der Waals surface area contributed by atoms with E-state index < -0.39 is 0 Å². The lowest BCUT2D eigenvalue weighted by Crippen LogP contribution is -2.20. The lowest BCUT2D eigenvalue weighted by atomic mass is 11.0. The number of nitrogens with two attached hydrogens (primary N) is 1. The number of hydrogen-bond acceptors (Lipinski definition) is 3. The molecule has 5 nitrogen and oxygen atoms in total. The van der Waals surface area contributed by atoms with Gasteiger partial charge < -0.3 is 5.73 Å². The van der Waals surface area contributed by atoms with Crippen molar-refractivity contribution in [1.29, 1.82) is 0 Å². The molecule has 0 aliphatic rings. The topological polar surface area (TPSA) is 65.8 Å². The monoisotopic (exact) mass is 128 g/mol. The third-order valence-corrected chi connectivity index (χ3v) is 1.16. The van der Waals surface area contributed by atoms with Crippen LogP contribution in [0.4, 0.5) is 5.95 Å². The molecule has 1 heterocycles. The first-order valence-electron chi connectivity index (χ1n) is 2.48. The molecule has 0 amide bonds. The Morgan fingerprint density at radius 1 is 1.56 bits per heavy atom. The normalized spacial score (nSPS) is 10.0. The van der Waals surface area contributed by atoms with Crippen LogP contribution in [0.15, 0.2) is 4.79 Å². The Hall–Kier alpha value is -1.26. The van der Waals surface area contributed by atoms with E-state index in [0.717, 1.165) is 0 Å². The highest BCUT2D eigenvalue weighted by atomic mass is 16.2. The van der Waals surface area contributed by atoms with Crippen LogP contribution in [0.3, 0.4) is 0 Å². The van der Waals surface area contributed by atoms with Crippen LogP contribution in [-0.4, -0.2) is 14.3 Å².